The zero-order valence-corrected chi connectivity index (χ0v) is 17.0. The summed E-state index contributed by atoms with van der Waals surface area (Å²) in [4.78, 5) is 15.8. The molecule has 0 saturated carbocycles. The lowest BCUT2D eigenvalue weighted by atomic mass is 10.0. The third kappa shape index (κ3) is 6.00. The number of rotatable bonds is 8. The van der Waals surface area contributed by atoms with Crippen LogP contribution >= 0.6 is 0 Å². The molecule has 1 rings (SSSR count). The number of pyridine rings is 1. The topological polar surface area (TPSA) is 57.7 Å². The molecule has 1 heterocycles. The average Bonchev–Trinajstić information content (AvgIpc) is 2.52. The van der Waals surface area contributed by atoms with Crippen molar-refractivity contribution in [2.75, 3.05) is 20.3 Å². The van der Waals surface area contributed by atoms with Gasteiger partial charge in [0.25, 0.3) is 0 Å². The Morgan fingerprint density at radius 3 is 2.42 bits per heavy atom. The van der Waals surface area contributed by atoms with Gasteiger partial charge in [-0.05, 0) is 36.7 Å². The van der Waals surface area contributed by atoms with Gasteiger partial charge in [0.05, 0.1) is 38.5 Å². The zero-order valence-electron chi connectivity index (χ0n) is 16.0. The minimum atomic E-state index is -1.71. The Balaban J connectivity index is 2.38. The molecular formula is C18H31NO4Si. The predicted octanol–water partition coefficient (Wildman–Crippen LogP) is 3.90. The normalized spacial score (nSPS) is 13.6. The van der Waals surface area contributed by atoms with E-state index >= 15 is 0 Å². The summed E-state index contributed by atoms with van der Waals surface area (Å²) in [6, 6.07) is 3.77. The number of hydrogen-bond donors (Lipinski definition) is 0. The molecule has 1 aromatic heterocycles. The summed E-state index contributed by atoms with van der Waals surface area (Å²) in [5.41, 5.74) is 1.68. The van der Waals surface area contributed by atoms with Gasteiger partial charge < -0.3 is 13.9 Å². The van der Waals surface area contributed by atoms with Gasteiger partial charge >= 0.3 is 5.97 Å². The van der Waals surface area contributed by atoms with Crippen LogP contribution in [0.5, 0.6) is 0 Å². The zero-order chi connectivity index (χ0) is 18.4. The van der Waals surface area contributed by atoms with Gasteiger partial charge in [-0.25, -0.2) is 0 Å². The first-order valence-corrected chi connectivity index (χ1v) is 11.2. The van der Waals surface area contributed by atoms with E-state index in [0.717, 1.165) is 11.3 Å². The fourth-order valence-corrected chi connectivity index (χ4v) is 2.87. The number of esters is 1. The Morgan fingerprint density at radius 2 is 1.92 bits per heavy atom. The maximum Gasteiger partial charge on any atom is 0.312 e. The molecule has 0 aliphatic heterocycles. The molecule has 0 saturated heterocycles. The van der Waals surface area contributed by atoms with Crippen LogP contribution in [0.2, 0.25) is 18.1 Å². The van der Waals surface area contributed by atoms with E-state index in [2.05, 4.69) is 38.8 Å². The van der Waals surface area contributed by atoms with E-state index in [1.807, 2.05) is 12.1 Å². The molecular weight excluding hydrogens is 322 g/mol. The van der Waals surface area contributed by atoms with Crippen molar-refractivity contribution in [2.45, 2.75) is 58.4 Å². The van der Waals surface area contributed by atoms with E-state index in [1.54, 1.807) is 13.1 Å². The SMILES string of the molecule is COC(=O)C(C)c1ccc(COCCO[Si](C)(C)C(C)(C)C)nc1. The van der Waals surface area contributed by atoms with E-state index < -0.39 is 8.32 Å². The van der Waals surface area contributed by atoms with Gasteiger partial charge in [0.1, 0.15) is 0 Å². The number of methoxy groups -OCH3 is 1. The molecule has 0 aliphatic rings. The van der Waals surface area contributed by atoms with Gasteiger partial charge in [-0.15, -0.1) is 0 Å². The highest BCUT2D eigenvalue weighted by molar-refractivity contribution is 6.74. The van der Waals surface area contributed by atoms with Crippen LogP contribution in [0.15, 0.2) is 18.3 Å². The van der Waals surface area contributed by atoms with Gasteiger partial charge in [0.2, 0.25) is 0 Å². The average molecular weight is 354 g/mol. The number of nitrogens with zero attached hydrogens (tertiary/aromatic N) is 1. The highest BCUT2D eigenvalue weighted by Gasteiger charge is 2.36. The van der Waals surface area contributed by atoms with E-state index in [0.29, 0.717) is 19.8 Å². The maximum atomic E-state index is 11.5. The summed E-state index contributed by atoms with van der Waals surface area (Å²) in [7, 11) is -0.319. The molecule has 24 heavy (non-hydrogen) atoms. The highest BCUT2D eigenvalue weighted by atomic mass is 28.4. The Kier molecular flexibility index (Phi) is 7.57. The standard InChI is InChI=1S/C18H31NO4Si/c1-14(17(20)21-5)15-8-9-16(19-12-15)13-22-10-11-23-24(6,7)18(2,3)4/h8-9,12,14H,10-11,13H2,1-7H3. The molecule has 0 bridgehead atoms. The lowest BCUT2D eigenvalue weighted by Crippen LogP contribution is -2.41. The molecule has 0 amide bonds. The Bertz CT molecular complexity index is 523. The first kappa shape index (κ1) is 20.8. The van der Waals surface area contributed by atoms with Crippen molar-refractivity contribution < 1.29 is 18.7 Å². The first-order valence-electron chi connectivity index (χ1n) is 8.33. The number of carbonyl (C=O) groups is 1. The quantitative estimate of drug-likeness (QED) is 0.403. The van der Waals surface area contributed by atoms with Crippen molar-refractivity contribution in [1.29, 1.82) is 0 Å². The molecule has 0 N–H and O–H groups in total. The van der Waals surface area contributed by atoms with Crippen molar-refractivity contribution in [3.63, 3.8) is 0 Å². The third-order valence-electron chi connectivity index (χ3n) is 4.65. The Labute approximate surface area is 146 Å². The molecule has 1 atom stereocenters. The summed E-state index contributed by atoms with van der Waals surface area (Å²) in [6.45, 7) is 14.5. The summed E-state index contributed by atoms with van der Waals surface area (Å²) in [6.07, 6.45) is 1.70. The van der Waals surface area contributed by atoms with Gasteiger partial charge in [0, 0.05) is 6.20 Å². The third-order valence-corrected chi connectivity index (χ3v) is 9.19. The Morgan fingerprint density at radius 1 is 1.25 bits per heavy atom. The molecule has 0 aromatic carbocycles. The largest absolute Gasteiger partial charge is 0.469 e. The van der Waals surface area contributed by atoms with Crippen LogP contribution < -0.4 is 0 Å². The van der Waals surface area contributed by atoms with Crippen molar-refractivity contribution in [2.24, 2.45) is 0 Å². The van der Waals surface area contributed by atoms with E-state index in [1.165, 1.54) is 7.11 Å². The fourth-order valence-electron chi connectivity index (χ4n) is 1.84. The molecule has 136 valence electrons. The predicted molar refractivity (Wildman–Crippen MR) is 97.5 cm³/mol. The lowest BCUT2D eigenvalue weighted by Gasteiger charge is -2.36. The highest BCUT2D eigenvalue weighted by Crippen LogP contribution is 2.36. The van der Waals surface area contributed by atoms with Gasteiger partial charge in [0.15, 0.2) is 8.32 Å². The van der Waals surface area contributed by atoms with Crippen LogP contribution in [0.3, 0.4) is 0 Å². The summed E-state index contributed by atoms with van der Waals surface area (Å²) >= 11 is 0. The summed E-state index contributed by atoms with van der Waals surface area (Å²) in [5.74, 6) is -0.570. The molecule has 1 unspecified atom stereocenters. The fraction of sp³-hybridized carbons (Fsp3) is 0.667. The molecule has 6 heteroatoms. The maximum absolute atomic E-state index is 11.5. The minimum absolute atomic E-state index is 0.209. The van der Waals surface area contributed by atoms with Crippen molar-refractivity contribution in [1.82, 2.24) is 4.98 Å². The first-order chi connectivity index (χ1) is 11.1. The van der Waals surface area contributed by atoms with E-state index in [-0.39, 0.29) is 16.9 Å². The van der Waals surface area contributed by atoms with Gasteiger partial charge in [-0.1, -0.05) is 26.8 Å². The van der Waals surface area contributed by atoms with E-state index in [9.17, 15) is 4.79 Å². The second kappa shape index (κ2) is 8.74. The lowest BCUT2D eigenvalue weighted by molar-refractivity contribution is -0.142. The van der Waals surface area contributed by atoms with Crippen LogP contribution in [0.1, 0.15) is 44.9 Å². The van der Waals surface area contributed by atoms with Gasteiger partial charge in [-0.2, -0.15) is 0 Å². The number of hydrogen-bond acceptors (Lipinski definition) is 5. The second-order valence-electron chi connectivity index (χ2n) is 7.49. The van der Waals surface area contributed by atoms with Crippen LogP contribution in [0.4, 0.5) is 0 Å². The monoisotopic (exact) mass is 353 g/mol. The van der Waals surface area contributed by atoms with Gasteiger partial charge in [-0.3, -0.25) is 9.78 Å². The number of aromatic nitrogens is 1. The van der Waals surface area contributed by atoms with Crippen LogP contribution in [0, 0.1) is 0 Å². The molecule has 0 spiro atoms. The molecule has 0 radical (unpaired) electrons. The minimum Gasteiger partial charge on any atom is -0.469 e. The smallest absolute Gasteiger partial charge is 0.312 e. The van der Waals surface area contributed by atoms with E-state index in [4.69, 9.17) is 13.9 Å². The number of ether oxygens (including phenoxy) is 2. The second-order valence-corrected chi connectivity index (χ2v) is 12.3. The van der Waals surface area contributed by atoms with Crippen molar-refractivity contribution in [3.8, 4) is 0 Å². The van der Waals surface area contributed by atoms with Crippen LogP contribution in [-0.4, -0.2) is 39.6 Å². The molecule has 0 fully saturated rings. The molecule has 1 aromatic rings. The van der Waals surface area contributed by atoms with Crippen LogP contribution in [-0.2, 0) is 25.3 Å². The summed E-state index contributed by atoms with van der Waals surface area (Å²) in [5, 5.41) is 0.209. The molecule has 0 aliphatic carbocycles. The molecule has 5 nitrogen and oxygen atoms in total. The van der Waals surface area contributed by atoms with Crippen molar-refractivity contribution in [3.05, 3.63) is 29.6 Å². The Hall–Kier alpha value is -1.24. The number of carbonyl (C=O) groups excluding carboxylic acids is 1. The van der Waals surface area contributed by atoms with Crippen LogP contribution in [0.25, 0.3) is 0 Å². The van der Waals surface area contributed by atoms with Crippen molar-refractivity contribution >= 4 is 14.3 Å². The summed E-state index contributed by atoms with van der Waals surface area (Å²) < 4.78 is 16.4.